The molecule has 0 unspecified atom stereocenters. The molecule has 1 saturated carbocycles. The molecular weight excluding hydrogens is 302 g/mol. The molecule has 5 nitrogen and oxygen atoms in total. The van der Waals surface area contributed by atoms with Gasteiger partial charge in [0.2, 0.25) is 0 Å². The highest BCUT2D eigenvalue weighted by molar-refractivity contribution is 5.03. The Bertz CT molecular complexity index is 415. The molecule has 0 aromatic carbocycles. The summed E-state index contributed by atoms with van der Waals surface area (Å²) < 4.78 is 11.1. The fourth-order valence-corrected chi connectivity index (χ4v) is 5.08. The van der Waals surface area contributed by atoms with Crippen LogP contribution in [0.4, 0.5) is 0 Å². The zero-order valence-electron chi connectivity index (χ0n) is 15.6. The van der Waals surface area contributed by atoms with Crippen molar-refractivity contribution in [2.45, 2.75) is 37.3 Å². The predicted molar refractivity (Wildman–Crippen MR) is 95.3 cm³/mol. The van der Waals surface area contributed by atoms with E-state index in [4.69, 9.17) is 9.47 Å². The predicted octanol–water partition coefficient (Wildman–Crippen LogP) is 1.14. The number of likely N-dealkylation sites (tertiary alicyclic amines) is 1. The fourth-order valence-electron chi connectivity index (χ4n) is 5.08. The minimum absolute atomic E-state index is 0.325. The minimum Gasteiger partial charge on any atom is -0.381 e. The van der Waals surface area contributed by atoms with Crippen molar-refractivity contribution in [1.82, 2.24) is 14.7 Å². The molecule has 1 spiro atoms. The third kappa shape index (κ3) is 3.51. The molecule has 0 aromatic heterocycles. The van der Waals surface area contributed by atoms with Crippen molar-refractivity contribution in [2.75, 3.05) is 73.2 Å². The van der Waals surface area contributed by atoms with Crippen LogP contribution in [0.25, 0.3) is 0 Å². The molecule has 0 aromatic rings. The zero-order chi connectivity index (χ0) is 16.6. The van der Waals surface area contributed by atoms with Gasteiger partial charge in [-0.25, -0.2) is 0 Å². The first-order valence-corrected chi connectivity index (χ1v) is 9.93. The van der Waals surface area contributed by atoms with Gasteiger partial charge < -0.3 is 14.4 Å². The van der Waals surface area contributed by atoms with Gasteiger partial charge in [-0.1, -0.05) is 0 Å². The van der Waals surface area contributed by atoms with Crippen molar-refractivity contribution in [3.05, 3.63) is 0 Å². The van der Waals surface area contributed by atoms with Gasteiger partial charge in [-0.3, -0.25) is 9.80 Å². The molecule has 3 saturated heterocycles. The van der Waals surface area contributed by atoms with E-state index in [0.717, 1.165) is 25.0 Å². The lowest BCUT2D eigenvalue weighted by Gasteiger charge is -2.57. The number of hydrogen-bond donors (Lipinski definition) is 0. The molecule has 138 valence electrons. The first kappa shape index (κ1) is 17.2. The highest BCUT2D eigenvalue weighted by atomic mass is 16.5. The number of hydrogen-bond acceptors (Lipinski definition) is 5. The molecule has 0 radical (unpaired) electrons. The fraction of sp³-hybridized carbons (Fsp3) is 1.00. The van der Waals surface area contributed by atoms with Crippen LogP contribution in [-0.2, 0) is 9.47 Å². The lowest BCUT2D eigenvalue weighted by Crippen LogP contribution is -2.72. The summed E-state index contributed by atoms with van der Waals surface area (Å²) in [5.41, 5.74) is 0.325. The lowest BCUT2D eigenvalue weighted by molar-refractivity contribution is -0.176. The van der Waals surface area contributed by atoms with Crippen molar-refractivity contribution in [2.24, 2.45) is 11.8 Å². The second-order valence-electron chi connectivity index (χ2n) is 8.84. The minimum atomic E-state index is 0.325. The van der Waals surface area contributed by atoms with Crippen molar-refractivity contribution < 1.29 is 9.47 Å². The molecule has 0 bridgehead atoms. The normalized spacial score (nSPS) is 35.8. The Morgan fingerprint density at radius 3 is 2.38 bits per heavy atom. The summed E-state index contributed by atoms with van der Waals surface area (Å²) in [6, 6.07) is 0. The van der Waals surface area contributed by atoms with Gasteiger partial charge in [0, 0.05) is 39.8 Å². The van der Waals surface area contributed by atoms with E-state index in [-0.39, 0.29) is 0 Å². The second-order valence-corrected chi connectivity index (χ2v) is 8.84. The Hall–Kier alpha value is -0.200. The summed E-state index contributed by atoms with van der Waals surface area (Å²) in [5, 5.41) is 0. The third-order valence-corrected chi connectivity index (χ3v) is 6.98. The maximum Gasteiger partial charge on any atom is 0.0807 e. The van der Waals surface area contributed by atoms with Crippen LogP contribution in [0.3, 0.4) is 0 Å². The van der Waals surface area contributed by atoms with Crippen LogP contribution >= 0.6 is 0 Å². The number of piperidine rings is 1. The van der Waals surface area contributed by atoms with Crippen LogP contribution in [0.15, 0.2) is 0 Å². The van der Waals surface area contributed by atoms with Crippen molar-refractivity contribution in [1.29, 1.82) is 0 Å². The topological polar surface area (TPSA) is 28.2 Å². The van der Waals surface area contributed by atoms with Crippen LogP contribution in [0, 0.1) is 11.8 Å². The van der Waals surface area contributed by atoms with Gasteiger partial charge in [0.1, 0.15) is 0 Å². The average Bonchev–Trinajstić information content (AvgIpc) is 2.52. The molecule has 24 heavy (non-hydrogen) atoms. The van der Waals surface area contributed by atoms with E-state index < -0.39 is 0 Å². The standard InChI is InChI=1S/C19H35N3O2/c1-20-5-3-16(4-6-20)12-22-8-7-21(13-19(22)14-24-15-19)11-17-9-18(10-17)23-2/h16-18H,3-15H2,1-2H3/t17-,18-. The summed E-state index contributed by atoms with van der Waals surface area (Å²) >= 11 is 0. The Balaban J connectivity index is 1.28. The molecule has 4 rings (SSSR count). The summed E-state index contributed by atoms with van der Waals surface area (Å²) in [6.45, 7) is 10.7. The van der Waals surface area contributed by atoms with Crippen LogP contribution in [0.5, 0.6) is 0 Å². The maximum atomic E-state index is 5.68. The van der Waals surface area contributed by atoms with E-state index >= 15 is 0 Å². The molecule has 0 atom stereocenters. The van der Waals surface area contributed by atoms with E-state index in [9.17, 15) is 0 Å². The van der Waals surface area contributed by atoms with E-state index in [1.54, 1.807) is 0 Å². The van der Waals surface area contributed by atoms with Gasteiger partial charge in [-0.05, 0) is 57.7 Å². The summed E-state index contributed by atoms with van der Waals surface area (Å²) in [6.07, 6.45) is 5.79. The van der Waals surface area contributed by atoms with E-state index in [0.29, 0.717) is 11.6 Å². The van der Waals surface area contributed by atoms with Crippen LogP contribution < -0.4 is 0 Å². The van der Waals surface area contributed by atoms with E-state index in [1.165, 1.54) is 71.5 Å². The molecule has 5 heteroatoms. The SMILES string of the molecule is CO[C@H]1C[C@H](CN2CCN(CC3CCN(C)CC3)C3(COC3)C2)C1. The zero-order valence-corrected chi connectivity index (χ0v) is 15.6. The van der Waals surface area contributed by atoms with Gasteiger partial charge in [0.15, 0.2) is 0 Å². The molecule has 3 aliphatic heterocycles. The van der Waals surface area contributed by atoms with Gasteiger partial charge in [-0.2, -0.15) is 0 Å². The lowest BCUT2D eigenvalue weighted by atomic mass is 9.81. The third-order valence-electron chi connectivity index (χ3n) is 6.98. The van der Waals surface area contributed by atoms with Gasteiger partial charge in [-0.15, -0.1) is 0 Å². The molecule has 4 fully saturated rings. The van der Waals surface area contributed by atoms with Gasteiger partial charge in [0.05, 0.1) is 24.9 Å². The van der Waals surface area contributed by atoms with E-state index in [1.807, 2.05) is 7.11 Å². The Kier molecular flexibility index (Phi) is 5.17. The average molecular weight is 338 g/mol. The quantitative estimate of drug-likeness (QED) is 0.750. The Morgan fingerprint density at radius 2 is 1.75 bits per heavy atom. The highest BCUT2D eigenvalue weighted by Crippen LogP contribution is 2.35. The molecule has 0 amide bonds. The molecule has 1 aliphatic carbocycles. The molecule has 0 N–H and O–H groups in total. The summed E-state index contributed by atoms with van der Waals surface area (Å²) in [7, 11) is 4.11. The highest BCUT2D eigenvalue weighted by Gasteiger charge is 2.48. The smallest absolute Gasteiger partial charge is 0.0807 e. The molecule has 3 heterocycles. The molecular formula is C19H35N3O2. The Morgan fingerprint density at radius 1 is 1.00 bits per heavy atom. The summed E-state index contributed by atoms with van der Waals surface area (Å²) in [4.78, 5) is 7.98. The largest absolute Gasteiger partial charge is 0.381 e. The first-order chi connectivity index (χ1) is 11.7. The monoisotopic (exact) mass is 337 g/mol. The van der Waals surface area contributed by atoms with Crippen molar-refractivity contribution in [3.8, 4) is 0 Å². The Labute approximate surface area is 147 Å². The van der Waals surface area contributed by atoms with Crippen LogP contribution in [-0.4, -0.2) is 99.5 Å². The number of rotatable bonds is 5. The first-order valence-electron chi connectivity index (χ1n) is 9.93. The van der Waals surface area contributed by atoms with Crippen LogP contribution in [0.2, 0.25) is 0 Å². The number of ether oxygens (including phenoxy) is 2. The summed E-state index contributed by atoms with van der Waals surface area (Å²) in [5.74, 6) is 1.74. The number of methoxy groups -OCH3 is 1. The second kappa shape index (κ2) is 7.20. The molecule has 4 aliphatic rings. The number of nitrogens with zero attached hydrogens (tertiary/aromatic N) is 3. The van der Waals surface area contributed by atoms with Gasteiger partial charge >= 0.3 is 0 Å². The van der Waals surface area contributed by atoms with Crippen LogP contribution in [0.1, 0.15) is 25.7 Å². The van der Waals surface area contributed by atoms with Crippen molar-refractivity contribution >= 4 is 0 Å². The maximum absolute atomic E-state index is 5.68. The van der Waals surface area contributed by atoms with Crippen molar-refractivity contribution in [3.63, 3.8) is 0 Å². The van der Waals surface area contributed by atoms with Gasteiger partial charge in [0.25, 0.3) is 0 Å². The van der Waals surface area contributed by atoms with E-state index in [2.05, 4.69) is 21.7 Å². The number of piperazine rings is 1.